The van der Waals surface area contributed by atoms with Crippen molar-refractivity contribution in [1.29, 1.82) is 0 Å². The molecule has 0 fully saturated rings. The number of nitrogens with zero attached hydrogens (tertiary/aromatic N) is 2. The summed E-state index contributed by atoms with van der Waals surface area (Å²) >= 11 is 5.18. The molecule has 0 aliphatic rings. The molecule has 0 unspecified atom stereocenters. The third-order valence-corrected chi connectivity index (χ3v) is 4.94. The lowest BCUT2D eigenvalue weighted by Crippen LogP contribution is -2.49. The second kappa shape index (κ2) is 8.31. The maximum absolute atomic E-state index is 13.3. The van der Waals surface area contributed by atoms with Crippen LogP contribution >= 0.6 is 12.2 Å². The molecule has 3 aromatic carbocycles. The summed E-state index contributed by atoms with van der Waals surface area (Å²) in [6, 6.07) is 26.7. The summed E-state index contributed by atoms with van der Waals surface area (Å²) in [6.07, 6.45) is 0. The number of hydrogen-bond donors (Lipinski definition) is 2. The zero-order valence-electron chi connectivity index (χ0n) is 16.4. The Bertz CT molecular complexity index is 1220. The van der Waals surface area contributed by atoms with Gasteiger partial charge in [0, 0.05) is 10.9 Å². The number of fused-ring (bicyclic) bond motifs is 1. The number of rotatable bonds is 3. The summed E-state index contributed by atoms with van der Waals surface area (Å²) in [7, 11) is 0. The maximum Gasteiger partial charge on any atom is 0.270 e. The van der Waals surface area contributed by atoms with Gasteiger partial charge in [0.2, 0.25) is 0 Å². The van der Waals surface area contributed by atoms with Crippen molar-refractivity contribution in [2.24, 2.45) is 5.73 Å². The number of aryl methyl sites for hydroxylation is 1. The number of amides is 1. The monoisotopic (exact) mass is 412 g/mol. The van der Waals surface area contributed by atoms with Gasteiger partial charge >= 0.3 is 0 Å². The summed E-state index contributed by atoms with van der Waals surface area (Å²) in [6.45, 7) is 1.99. The van der Waals surface area contributed by atoms with E-state index in [0.717, 1.165) is 27.7 Å². The molecule has 4 rings (SSSR count). The molecule has 0 aliphatic carbocycles. The molecular formula is C24H20N4OS. The molecule has 1 aromatic heterocycles. The number of carbonyl (C=O) groups excluding carboxylic acids is 1. The Balaban J connectivity index is 1.76. The van der Waals surface area contributed by atoms with Crippen molar-refractivity contribution >= 4 is 39.8 Å². The lowest BCUT2D eigenvalue weighted by atomic mass is 10.0. The number of carbonyl (C=O) groups is 1. The van der Waals surface area contributed by atoms with Gasteiger partial charge in [-0.2, -0.15) is 0 Å². The highest BCUT2D eigenvalue weighted by atomic mass is 32.1. The van der Waals surface area contributed by atoms with Gasteiger partial charge in [0.1, 0.15) is 0 Å². The van der Waals surface area contributed by atoms with E-state index < -0.39 is 0 Å². The summed E-state index contributed by atoms with van der Waals surface area (Å²) < 4.78 is 0. The average molecular weight is 413 g/mol. The number of hydrogen-bond acceptors (Lipinski definition) is 3. The Hall–Kier alpha value is -3.77. The maximum atomic E-state index is 13.3. The molecule has 0 radical (unpaired) electrons. The first-order chi connectivity index (χ1) is 14.5. The summed E-state index contributed by atoms with van der Waals surface area (Å²) in [5, 5.41) is 2.21. The van der Waals surface area contributed by atoms with Crippen LogP contribution in [0.25, 0.3) is 22.2 Å². The van der Waals surface area contributed by atoms with E-state index in [1.807, 2.05) is 85.8 Å². The predicted octanol–water partition coefficient (Wildman–Crippen LogP) is 4.61. The molecule has 1 amide bonds. The number of para-hydroxylation sites is 1. The first-order valence-corrected chi connectivity index (χ1v) is 9.86. The molecule has 3 N–H and O–H groups in total. The van der Waals surface area contributed by atoms with Gasteiger partial charge in [0.05, 0.1) is 22.5 Å². The lowest BCUT2D eigenvalue weighted by Gasteiger charge is -2.24. The van der Waals surface area contributed by atoms with Crippen LogP contribution in [-0.4, -0.2) is 16.0 Å². The third-order valence-electron chi connectivity index (χ3n) is 4.76. The lowest BCUT2D eigenvalue weighted by molar-refractivity contribution is 0.0956. The van der Waals surface area contributed by atoms with Crippen molar-refractivity contribution in [1.82, 2.24) is 10.4 Å². The molecule has 148 valence electrons. The van der Waals surface area contributed by atoms with Crippen LogP contribution in [0.2, 0.25) is 0 Å². The number of thiocarbonyl (C=S) groups is 1. The van der Waals surface area contributed by atoms with E-state index >= 15 is 0 Å². The van der Waals surface area contributed by atoms with Gasteiger partial charge in [-0.05, 0) is 43.4 Å². The largest absolute Gasteiger partial charge is 0.374 e. The van der Waals surface area contributed by atoms with E-state index in [9.17, 15) is 4.79 Å². The summed E-state index contributed by atoms with van der Waals surface area (Å²) in [4.78, 5) is 18.0. The third kappa shape index (κ3) is 3.99. The molecule has 4 aromatic rings. The van der Waals surface area contributed by atoms with Crippen molar-refractivity contribution in [3.8, 4) is 11.3 Å². The van der Waals surface area contributed by atoms with Crippen LogP contribution in [0.1, 0.15) is 15.9 Å². The Morgan fingerprint density at radius 3 is 2.33 bits per heavy atom. The fraction of sp³-hybridized carbons (Fsp3) is 0.0417. The molecule has 0 aliphatic heterocycles. The standard InChI is InChI=1S/C24H20N4OS/c1-16-11-13-18(14-12-16)28(24(25)30)27-23(29)20-15-22(17-7-3-2-4-8-17)26-21-10-6-5-9-19(20)21/h2-15H,1H3,(H2,25,30)(H,27,29). The number of pyridine rings is 1. The molecule has 0 bridgehead atoms. The molecule has 30 heavy (non-hydrogen) atoms. The summed E-state index contributed by atoms with van der Waals surface area (Å²) in [5.41, 5.74) is 13.4. The van der Waals surface area contributed by atoms with Gasteiger partial charge in [-0.15, -0.1) is 0 Å². The topological polar surface area (TPSA) is 71.2 Å². The number of anilines is 1. The Kier molecular flexibility index (Phi) is 5.41. The number of benzene rings is 3. The Labute approximate surface area is 180 Å². The van der Waals surface area contributed by atoms with Crippen molar-refractivity contribution in [2.75, 3.05) is 5.01 Å². The normalized spacial score (nSPS) is 10.6. The van der Waals surface area contributed by atoms with Crippen molar-refractivity contribution in [2.45, 2.75) is 6.92 Å². The number of hydrazine groups is 1. The smallest absolute Gasteiger partial charge is 0.270 e. The Morgan fingerprint density at radius 2 is 1.63 bits per heavy atom. The highest BCUT2D eigenvalue weighted by Gasteiger charge is 2.18. The van der Waals surface area contributed by atoms with E-state index in [0.29, 0.717) is 11.3 Å². The molecule has 0 spiro atoms. The number of nitrogens with one attached hydrogen (secondary N) is 1. The van der Waals surface area contributed by atoms with Crippen LogP contribution in [-0.2, 0) is 0 Å². The van der Waals surface area contributed by atoms with Crippen molar-refractivity contribution in [3.63, 3.8) is 0 Å². The second-order valence-electron chi connectivity index (χ2n) is 6.89. The number of aromatic nitrogens is 1. The van der Waals surface area contributed by atoms with Gasteiger partial charge in [0.15, 0.2) is 5.11 Å². The quantitative estimate of drug-likeness (QED) is 0.380. The fourth-order valence-corrected chi connectivity index (χ4v) is 3.37. The number of nitrogens with two attached hydrogens (primary N) is 1. The van der Waals surface area contributed by atoms with Crippen molar-refractivity contribution < 1.29 is 4.79 Å². The highest BCUT2D eigenvalue weighted by Crippen LogP contribution is 2.25. The molecule has 5 nitrogen and oxygen atoms in total. The van der Waals surface area contributed by atoms with E-state index in [1.54, 1.807) is 6.07 Å². The molecular weight excluding hydrogens is 392 g/mol. The second-order valence-corrected chi connectivity index (χ2v) is 7.31. The van der Waals surface area contributed by atoms with Gasteiger partial charge < -0.3 is 5.73 Å². The fourth-order valence-electron chi connectivity index (χ4n) is 3.22. The SMILES string of the molecule is Cc1ccc(N(NC(=O)c2cc(-c3ccccc3)nc3ccccc23)C(N)=S)cc1. The van der Waals surface area contributed by atoms with Gasteiger partial charge in [0.25, 0.3) is 5.91 Å². The minimum atomic E-state index is -0.320. The van der Waals surface area contributed by atoms with Crippen LogP contribution in [0.15, 0.2) is 84.9 Å². The van der Waals surface area contributed by atoms with Crippen molar-refractivity contribution in [3.05, 3.63) is 96.1 Å². The zero-order chi connectivity index (χ0) is 21.1. The minimum Gasteiger partial charge on any atom is -0.374 e. The molecule has 0 atom stereocenters. The predicted molar refractivity (Wildman–Crippen MR) is 125 cm³/mol. The van der Waals surface area contributed by atoms with E-state index in [2.05, 4.69) is 5.43 Å². The minimum absolute atomic E-state index is 0.0499. The van der Waals surface area contributed by atoms with Crippen LogP contribution in [0.5, 0.6) is 0 Å². The van der Waals surface area contributed by atoms with Gasteiger partial charge in [-0.25, -0.2) is 9.99 Å². The molecule has 0 saturated carbocycles. The van der Waals surface area contributed by atoms with Gasteiger partial charge in [-0.3, -0.25) is 10.2 Å². The van der Waals surface area contributed by atoms with Crippen LogP contribution in [0.3, 0.4) is 0 Å². The van der Waals surface area contributed by atoms with Crippen LogP contribution < -0.4 is 16.2 Å². The summed E-state index contributed by atoms with van der Waals surface area (Å²) in [5.74, 6) is -0.320. The Morgan fingerprint density at radius 1 is 0.967 bits per heavy atom. The molecule has 6 heteroatoms. The first kappa shape index (κ1) is 19.5. The first-order valence-electron chi connectivity index (χ1n) is 9.45. The zero-order valence-corrected chi connectivity index (χ0v) is 17.2. The van der Waals surface area contributed by atoms with E-state index in [-0.39, 0.29) is 11.0 Å². The average Bonchev–Trinajstić information content (AvgIpc) is 2.77. The van der Waals surface area contributed by atoms with E-state index in [4.69, 9.17) is 22.9 Å². The van der Waals surface area contributed by atoms with Crippen LogP contribution in [0, 0.1) is 6.92 Å². The molecule has 0 saturated heterocycles. The highest BCUT2D eigenvalue weighted by molar-refractivity contribution is 7.80. The van der Waals surface area contributed by atoms with Crippen LogP contribution in [0.4, 0.5) is 5.69 Å². The molecule has 1 heterocycles. The van der Waals surface area contributed by atoms with Gasteiger partial charge in [-0.1, -0.05) is 66.2 Å². The van der Waals surface area contributed by atoms with E-state index in [1.165, 1.54) is 5.01 Å².